The fourth-order valence-electron chi connectivity index (χ4n) is 0.606. The van der Waals surface area contributed by atoms with Crippen molar-refractivity contribution in [1.82, 2.24) is 0 Å². The average molecular weight is 162 g/mol. The molecule has 5 heteroatoms. The van der Waals surface area contributed by atoms with E-state index in [9.17, 15) is 4.79 Å². The molecule has 1 atom stereocenters. The van der Waals surface area contributed by atoms with E-state index in [1.165, 1.54) is 7.11 Å². The monoisotopic (exact) mass is 162 g/mol. The van der Waals surface area contributed by atoms with E-state index in [1.54, 1.807) is 6.92 Å². The van der Waals surface area contributed by atoms with E-state index in [4.69, 9.17) is 11.6 Å². The maximum atomic E-state index is 10.9. The lowest BCUT2D eigenvalue weighted by Gasteiger charge is -2.20. The molecule has 0 amide bonds. The van der Waals surface area contributed by atoms with Gasteiger partial charge < -0.3 is 15.3 Å². The van der Waals surface area contributed by atoms with Gasteiger partial charge in [-0.15, -0.1) is 0 Å². The predicted molar refractivity (Wildman–Crippen MR) is 39.4 cm³/mol. The first-order valence-corrected chi connectivity index (χ1v) is 3.23. The fourth-order valence-corrected chi connectivity index (χ4v) is 0.606. The number of nitrogens with two attached hydrogens (primary N) is 2. The second-order valence-electron chi connectivity index (χ2n) is 2.53. The molecule has 66 valence electrons. The van der Waals surface area contributed by atoms with Crippen LogP contribution in [-0.2, 0) is 14.4 Å². The van der Waals surface area contributed by atoms with Crippen LogP contribution in [0.2, 0.25) is 0 Å². The molecule has 0 radical (unpaired) electrons. The molecule has 0 rings (SSSR count). The zero-order valence-corrected chi connectivity index (χ0v) is 6.79. The number of ether oxygens (including phenoxy) is 1. The van der Waals surface area contributed by atoms with Gasteiger partial charge in [0.25, 0.3) is 0 Å². The van der Waals surface area contributed by atoms with E-state index in [2.05, 4.69) is 9.57 Å². The number of hydrogen-bond donors (Lipinski definition) is 2. The van der Waals surface area contributed by atoms with Gasteiger partial charge in [0.1, 0.15) is 5.54 Å². The summed E-state index contributed by atoms with van der Waals surface area (Å²) >= 11 is 0. The molecule has 11 heavy (non-hydrogen) atoms. The smallest absolute Gasteiger partial charge is 0.325 e. The number of methoxy groups -OCH3 is 1. The first-order valence-electron chi connectivity index (χ1n) is 3.23. The van der Waals surface area contributed by atoms with Gasteiger partial charge in [-0.2, -0.15) is 0 Å². The van der Waals surface area contributed by atoms with Crippen LogP contribution in [0.25, 0.3) is 0 Å². The number of hydrogen-bond acceptors (Lipinski definition) is 5. The highest BCUT2D eigenvalue weighted by Gasteiger charge is 2.28. The van der Waals surface area contributed by atoms with Gasteiger partial charge in [-0.05, 0) is 6.92 Å². The molecule has 0 aromatic rings. The van der Waals surface area contributed by atoms with Crippen LogP contribution in [-0.4, -0.2) is 25.2 Å². The van der Waals surface area contributed by atoms with E-state index >= 15 is 0 Å². The van der Waals surface area contributed by atoms with Crippen LogP contribution in [0.15, 0.2) is 0 Å². The molecule has 0 unspecified atom stereocenters. The molecule has 0 aliphatic carbocycles. The Morgan fingerprint density at radius 1 is 1.64 bits per heavy atom. The van der Waals surface area contributed by atoms with Crippen molar-refractivity contribution in [2.45, 2.75) is 18.9 Å². The van der Waals surface area contributed by atoms with Gasteiger partial charge in [-0.1, -0.05) is 0 Å². The summed E-state index contributed by atoms with van der Waals surface area (Å²) in [5.41, 5.74) is 4.54. The lowest BCUT2D eigenvalue weighted by Crippen LogP contribution is -2.46. The van der Waals surface area contributed by atoms with Crippen LogP contribution in [0.4, 0.5) is 0 Å². The van der Waals surface area contributed by atoms with Gasteiger partial charge >= 0.3 is 5.97 Å². The lowest BCUT2D eigenvalue weighted by molar-refractivity contribution is -0.147. The highest BCUT2D eigenvalue weighted by atomic mass is 16.6. The van der Waals surface area contributed by atoms with Crippen molar-refractivity contribution < 1.29 is 14.4 Å². The first-order chi connectivity index (χ1) is 5.04. The van der Waals surface area contributed by atoms with Crippen LogP contribution in [0, 0.1) is 0 Å². The summed E-state index contributed by atoms with van der Waals surface area (Å²) in [4.78, 5) is 15.2. The average Bonchev–Trinajstić information content (AvgIpc) is 1.99. The molecule has 0 aromatic heterocycles. The number of rotatable bonds is 4. The van der Waals surface area contributed by atoms with Gasteiger partial charge in [-0.25, -0.2) is 5.90 Å². The summed E-state index contributed by atoms with van der Waals surface area (Å²) in [5.74, 6) is 4.31. The molecule has 0 aromatic carbocycles. The molecule has 5 nitrogen and oxygen atoms in total. The molecule has 0 spiro atoms. The van der Waals surface area contributed by atoms with Gasteiger partial charge in [0.15, 0.2) is 0 Å². The Bertz CT molecular complexity index is 136. The minimum atomic E-state index is -1.01. The predicted octanol–water partition coefficient (Wildman–Crippen LogP) is -0.843. The molecule has 0 aliphatic rings. The third-order valence-electron chi connectivity index (χ3n) is 1.39. The normalized spacial score (nSPS) is 15.6. The summed E-state index contributed by atoms with van der Waals surface area (Å²) in [5, 5.41) is 0. The molecular formula is C6H14N2O3. The van der Waals surface area contributed by atoms with Gasteiger partial charge in [0, 0.05) is 6.42 Å². The van der Waals surface area contributed by atoms with Gasteiger partial charge in [0.2, 0.25) is 0 Å². The summed E-state index contributed by atoms with van der Waals surface area (Å²) in [6.45, 7) is 1.81. The summed E-state index contributed by atoms with van der Waals surface area (Å²) in [6.07, 6.45) is 0.343. The second kappa shape index (κ2) is 4.27. The van der Waals surface area contributed by atoms with Crippen LogP contribution < -0.4 is 11.6 Å². The third kappa shape index (κ3) is 3.31. The van der Waals surface area contributed by atoms with E-state index < -0.39 is 11.5 Å². The molecule has 0 aliphatic heterocycles. The van der Waals surface area contributed by atoms with Gasteiger partial charge in [-0.3, -0.25) is 4.79 Å². The summed E-state index contributed by atoms with van der Waals surface area (Å²) < 4.78 is 4.45. The number of carbonyl (C=O) groups excluding carboxylic acids is 1. The van der Waals surface area contributed by atoms with Gasteiger partial charge in [0.05, 0.1) is 13.7 Å². The maximum Gasteiger partial charge on any atom is 0.325 e. The standard InChI is InChI=1S/C6H14N2O3/c1-6(7,3-4-11-8)5(9)10-2/h3-4,7-8H2,1-2H3/t6-/m1/s1. The topological polar surface area (TPSA) is 87.6 Å². The van der Waals surface area contributed by atoms with E-state index in [0.29, 0.717) is 6.42 Å². The Labute approximate surface area is 65.6 Å². The van der Waals surface area contributed by atoms with Crippen molar-refractivity contribution in [3.63, 3.8) is 0 Å². The van der Waals surface area contributed by atoms with E-state index in [0.717, 1.165) is 0 Å². The number of esters is 1. The molecule has 0 saturated heterocycles. The molecule has 0 fully saturated rings. The second-order valence-corrected chi connectivity index (χ2v) is 2.53. The molecule has 0 saturated carbocycles. The van der Waals surface area contributed by atoms with Crippen molar-refractivity contribution in [3.05, 3.63) is 0 Å². The highest BCUT2D eigenvalue weighted by Crippen LogP contribution is 2.06. The first kappa shape index (κ1) is 10.3. The van der Waals surface area contributed by atoms with E-state index in [-0.39, 0.29) is 6.61 Å². The van der Waals surface area contributed by atoms with Crippen LogP contribution in [0.1, 0.15) is 13.3 Å². The Morgan fingerprint density at radius 2 is 2.18 bits per heavy atom. The van der Waals surface area contributed by atoms with Crippen LogP contribution >= 0.6 is 0 Å². The fraction of sp³-hybridized carbons (Fsp3) is 0.833. The summed E-state index contributed by atoms with van der Waals surface area (Å²) in [6, 6.07) is 0. The molecule has 4 N–H and O–H groups in total. The zero-order valence-electron chi connectivity index (χ0n) is 6.79. The Hall–Kier alpha value is -0.650. The third-order valence-corrected chi connectivity index (χ3v) is 1.39. The number of carbonyl (C=O) groups is 1. The molecule has 0 heterocycles. The van der Waals surface area contributed by atoms with Crippen molar-refractivity contribution >= 4 is 5.97 Å². The SMILES string of the molecule is COC(=O)[C@](C)(N)CCON. The minimum Gasteiger partial charge on any atom is -0.468 e. The highest BCUT2D eigenvalue weighted by molar-refractivity contribution is 5.79. The largest absolute Gasteiger partial charge is 0.468 e. The van der Waals surface area contributed by atoms with E-state index in [1.807, 2.05) is 0 Å². The Balaban J connectivity index is 3.88. The minimum absolute atomic E-state index is 0.238. The molecule has 0 bridgehead atoms. The van der Waals surface area contributed by atoms with Crippen molar-refractivity contribution in [2.75, 3.05) is 13.7 Å². The molecular weight excluding hydrogens is 148 g/mol. The lowest BCUT2D eigenvalue weighted by atomic mass is 10.0. The quantitative estimate of drug-likeness (QED) is 0.415. The van der Waals surface area contributed by atoms with Crippen molar-refractivity contribution in [3.8, 4) is 0 Å². The Kier molecular flexibility index (Phi) is 4.02. The van der Waals surface area contributed by atoms with Crippen LogP contribution in [0.3, 0.4) is 0 Å². The van der Waals surface area contributed by atoms with Crippen LogP contribution in [0.5, 0.6) is 0 Å². The summed E-state index contributed by atoms with van der Waals surface area (Å²) in [7, 11) is 1.29. The van der Waals surface area contributed by atoms with Crippen molar-refractivity contribution in [1.29, 1.82) is 0 Å². The Morgan fingerprint density at radius 3 is 2.55 bits per heavy atom. The van der Waals surface area contributed by atoms with Crippen molar-refractivity contribution in [2.24, 2.45) is 11.6 Å². The maximum absolute atomic E-state index is 10.9. The zero-order chi connectivity index (χ0) is 8.91.